The molecule has 2 aromatic carbocycles. The molecule has 4 rings (SSSR count). The lowest BCUT2D eigenvalue weighted by atomic mass is 10.1. The van der Waals surface area contributed by atoms with Crippen LogP contribution in [0.15, 0.2) is 53.4 Å². The number of hydrogen-bond donors (Lipinski definition) is 1. The summed E-state index contributed by atoms with van der Waals surface area (Å²) >= 11 is 1.51. The zero-order valence-electron chi connectivity index (χ0n) is 16.2. The zero-order valence-corrected chi connectivity index (χ0v) is 17.0. The second-order valence-corrected chi connectivity index (χ2v) is 7.92. The maximum Gasteiger partial charge on any atom is 0.251 e. The van der Waals surface area contributed by atoms with E-state index in [1.165, 1.54) is 17.4 Å². The number of rotatable bonds is 7. The number of carbonyl (C=O) groups is 1. The van der Waals surface area contributed by atoms with E-state index < -0.39 is 11.6 Å². The van der Waals surface area contributed by atoms with E-state index in [-0.39, 0.29) is 11.8 Å². The number of amides is 1. The first-order valence-corrected chi connectivity index (χ1v) is 10.6. The molecule has 30 heavy (non-hydrogen) atoms. The van der Waals surface area contributed by atoms with Gasteiger partial charge in [-0.3, -0.25) is 4.79 Å². The van der Waals surface area contributed by atoms with Crippen molar-refractivity contribution in [2.75, 3.05) is 24.5 Å². The largest absolute Gasteiger partial charge is 0.487 e. The molecule has 1 amide bonds. The molecule has 1 aliphatic rings. The van der Waals surface area contributed by atoms with Gasteiger partial charge in [0, 0.05) is 42.3 Å². The SMILES string of the molecule is O=C(NCC1CCN(c2ccc(F)c(F)c2)C1)c1cccc(OCc2cscn2)c1. The van der Waals surface area contributed by atoms with Gasteiger partial charge in [-0.05, 0) is 42.7 Å². The number of hydrogen-bond acceptors (Lipinski definition) is 5. The normalized spacial score (nSPS) is 15.9. The van der Waals surface area contributed by atoms with Crippen LogP contribution in [0.3, 0.4) is 0 Å². The van der Waals surface area contributed by atoms with Gasteiger partial charge in [-0.2, -0.15) is 0 Å². The van der Waals surface area contributed by atoms with Crippen molar-refractivity contribution < 1.29 is 18.3 Å². The van der Waals surface area contributed by atoms with E-state index in [0.717, 1.165) is 24.7 Å². The number of nitrogens with one attached hydrogen (secondary N) is 1. The summed E-state index contributed by atoms with van der Waals surface area (Å²) in [4.78, 5) is 18.7. The van der Waals surface area contributed by atoms with Crippen LogP contribution in [0.4, 0.5) is 14.5 Å². The standard InChI is InChI=1S/C22H21F2N3O2S/c23-20-5-4-18(9-21(20)24)27-7-6-15(11-27)10-25-22(28)16-2-1-3-19(8-16)29-12-17-13-30-14-26-17/h1-5,8-9,13-15H,6-7,10-12H2,(H,25,28). The van der Waals surface area contributed by atoms with Gasteiger partial charge >= 0.3 is 0 Å². The average molecular weight is 429 g/mol. The number of halogens is 2. The fraction of sp³-hybridized carbons (Fsp3) is 0.273. The van der Waals surface area contributed by atoms with Crippen molar-refractivity contribution in [1.29, 1.82) is 0 Å². The summed E-state index contributed by atoms with van der Waals surface area (Å²) < 4.78 is 32.3. The molecule has 1 unspecified atom stereocenters. The molecule has 1 fully saturated rings. The van der Waals surface area contributed by atoms with Crippen molar-refractivity contribution >= 4 is 22.9 Å². The van der Waals surface area contributed by atoms with Gasteiger partial charge in [-0.15, -0.1) is 11.3 Å². The number of thiazole rings is 1. The van der Waals surface area contributed by atoms with Gasteiger partial charge in [-0.1, -0.05) is 6.07 Å². The maximum absolute atomic E-state index is 13.5. The summed E-state index contributed by atoms with van der Waals surface area (Å²) in [7, 11) is 0. The first kappa shape index (κ1) is 20.3. The molecule has 156 valence electrons. The molecule has 1 aliphatic heterocycles. The summed E-state index contributed by atoms with van der Waals surface area (Å²) in [6, 6.07) is 11.0. The Morgan fingerprint density at radius 2 is 2.13 bits per heavy atom. The van der Waals surface area contributed by atoms with Gasteiger partial charge in [-0.25, -0.2) is 13.8 Å². The first-order chi connectivity index (χ1) is 14.6. The van der Waals surface area contributed by atoms with Gasteiger partial charge in [0.15, 0.2) is 11.6 Å². The van der Waals surface area contributed by atoms with Gasteiger partial charge in [0.05, 0.1) is 11.2 Å². The lowest BCUT2D eigenvalue weighted by Crippen LogP contribution is -2.31. The van der Waals surface area contributed by atoms with Crippen LogP contribution in [-0.4, -0.2) is 30.5 Å². The number of ether oxygens (including phenoxy) is 1. The van der Waals surface area contributed by atoms with E-state index in [0.29, 0.717) is 36.7 Å². The van der Waals surface area contributed by atoms with Crippen molar-refractivity contribution in [3.8, 4) is 5.75 Å². The van der Waals surface area contributed by atoms with E-state index in [4.69, 9.17) is 4.74 Å². The Hall–Kier alpha value is -3.00. The molecular weight excluding hydrogens is 408 g/mol. The smallest absolute Gasteiger partial charge is 0.251 e. The van der Waals surface area contributed by atoms with Crippen LogP contribution in [0.25, 0.3) is 0 Å². The fourth-order valence-corrected chi connectivity index (χ4v) is 3.99. The maximum atomic E-state index is 13.5. The lowest BCUT2D eigenvalue weighted by molar-refractivity contribution is 0.0947. The van der Waals surface area contributed by atoms with Crippen LogP contribution in [-0.2, 0) is 6.61 Å². The van der Waals surface area contributed by atoms with Gasteiger partial charge < -0.3 is 15.0 Å². The Bertz CT molecular complexity index is 1010. The number of anilines is 1. The fourth-order valence-electron chi connectivity index (χ4n) is 3.45. The Morgan fingerprint density at radius 3 is 2.93 bits per heavy atom. The Balaban J connectivity index is 1.28. The predicted octanol–water partition coefficient (Wildman–Crippen LogP) is 4.26. The molecule has 0 radical (unpaired) electrons. The third kappa shape index (κ3) is 4.94. The van der Waals surface area contributed by atoms with Gasteiger partial charge in [0.1, 0.15) is 12.4 Å². The van der Waals surface area contributed by atoms with E-state index in [9.17, 15) is 13.6 Å². The van der Waals surface area contributed by atoms with Crippen molar-refractivity contribution in [3.05, 3.63) is 76.2 Å². The van der Waals surface area contributed by atoms with Crippen molar-refractivity contribution in [3.63, 3.8) is 0 Å². The van der Waals surface area contributed by atoms with Crippen LogP contribution in [0.2, 0.25) is 0 Å². The molecule has 2 heterocycles. The van der Waals surface area contributed by atoms with Gasteiger partial charge in [0.25, 0.3) is 5.91 Å². The third-order valence-electron chi connectivity index (χ3n) is 5.07. The monoisotopic (exact) mass is 429 g/mol. The van der Waals surface area contributed by atoms with Crippen LogP contribution in [0.5, 0.6) is 5.75 Å². The summed E-state index contributed by atoms with van der Waals surface area (Å²) in [5, 5.41) is 4.88. The number of benzene rings is 2. The number of nitrogens with zero attached hydrogens (tertiary/aromatic N) is 2. The highest BCUT2D eigenvalue weighted by Crippen LogP contribution is 2.25. The lowest BCUT2D eigenvalue weighted by Gasteiger charge is -2.19. The van der Waals surface area contributed by atoms with Crippen molar-refractivity contribution in [2.45, 2.75) is 13.0 Å². The van der Waals surface area contributed by atoms with Crippen LogP contribution >= 0.6 is 11.3 Å². The second kappa shape index (κ2) is 9.21. The average Bonchev–Trinajstić information content (AvgIpc) is 3.45. The van der Waals surface area contributed by atoms with Crippen LogP contribution < -0.4 is 15.0 Å². The molecule has 1 atom stereocenters. The molecular formula is C22H21F2N3O2S. The molecule has 5 nitrogen and oxygen atoms in total. The summed E-state index contributed by atoms with van der Waals surface area (Å²) in [5.74, 6) is -1.01. The van der Waals surface area contributed by atoms with Gasteiger partial charge in [0.2, 0.25) is 0 Å². The van der Waals surface area contributed by atoms with Crippen LogP contribution in [0, 0.1) is 17.6 Å². The summed E-state index contributed by atoms with van der Waals surface area (Å²) in [6.45, 7) is 2.30. The molecule has 1 N–H and O–H groups in total. The molecule has 0 saturated carbocycles. The summed E-state index contributed by atoms with van der Waals surface area (Å²) in [6.07, 6.45) is 0.871. The quantitative estimate of drug-likeness (QED) is 0.610. The van der Waals surface area contributed by atoms with Crippen molar-refractivity contribution in [2.24, 2.45) is 5.92 Å². The van der Waals surface area contributed by atoms with Crippen molar-refractivity contribution in [1.82, 2.24) is 10.3 Å². The Labute approximate surface area is 177 Å². The minimum absolute atomic E-state index is 0.166. The third-order valence-corrected chi connectivity index (χ3v) is 5.71. The second-order valence-electron chi connectivity index (χ2n) is 7.21. The molecule has 1 saturated heterocycles. The molecule has 1 aromatic heterocycles. The molecule has 0 bridgehead atoms. The first-order valence-electron chi connectivity index (χ1n) is 9.66. The minimum Gasteiger partial charge on any atom is -0.487 e. The number of carbonyl (C=O) groups excluding carboxylic acids is 1. The van der Waals surface area contributed by atoms with E-state index >= 15 is 0 Å². The van der Waals surface area contributed by atoms with E-state index in [1.807, 2.05) is 10.3 Å². The highest BCUT2D eigenvalue weighted by molar-refractivity contribution is 7.07. The Kier molecular flexibility index (Phi) is 6.23. The molecule has 8 heteroatoms. The predicted molar refractivity (Wildman–Crippen MR) is 112 cm³/mol. The highest BCUT2D eigenvalue weighted by Gasteiger charge is 2.24. The van der Waals surface area contributed by atoms with Crippen LogP contribution in [0.1, 0.15) is 22.5 Å². The highest BCUT2D eigenvalue weighted by atomic mass is 32.1. The number of aromatic nitrogens is 1. The molecule has 3 aromatic rings. The molecule has 0 spiro atoms. The zero-order chi connectivity index (χ0) is 20.9. The topological polar surface area (TPSA) is 54.5 Å². The summed E-state index contributed by atoms with van der Waals surface area (Å²) in [5.41, 5.74) is 3.79. The molecule has 0 aliphatic carbocycles. The van der Waals surface area contributed by atoms with E-state index in [1.54, 1.807) is 35.8 Å². The Morgan fingerprint density at radius 1 is 1.23 bits per heavy atom. The minimum atomic E-state index is -0.848. The van der Waals surface area contributed by atoms with E-state index in [2.05, 4.69) is 10.3 Å².